The number of fused-ring (bicyclic) bond motifs is 1. The summed E-state index contributed by atoms with van der Waals surface area (Å²) in [6.45, 7) is 3.73. The van der Waals surface area contributed by atoms with Gasteiger partial charge in [-0.25, -0.2) is 8.42 Å². The largest absolute Gasteiger partial charge is 0.487 e. The number of benzene rings is 1. The number of ether oxygens (including phenoxy) is 1. The number of pyridine rings is 1. The van der Waals surface area contributed by atoms with E-state index in [0.717, 1.165) is 18.4 Å². The number of likely N-dealkylation sites (N-methyl/N-ethyl adjacent to an activating group) is 1. The lowest BCUT2D eigenvalue weighted by Gasteiger charge is -2.37. The molecule has 2 aliphatic rings. The highest BCUT2D eigenvalue weighted by Gasteiger charge is 2.38. The molecule has 38 heavy (non-hydrogen) atoms. The Kier molecular flexibility index (Phi) is 9.08. The minimum Gasteiger partial charge on any atom is -0.487 e. The summed E-state index contributed by atoms with van der Waals surface area (Å²) in [7, 11) is -2.20. The Morgan fingerprint density at radius 3 is 2.63 bits per heavy atom. The first-order valence-corrected chi connectivity index (χ1v) is 14.7. The van der Waals surface area contributed by atoms with Gasteiger partial charge in [0.2, 0.25) is 15.9 Å². The van der Waals surface area contributed by atoms with Crippen molar-refractivity contribution in [2.24, 2.45) is 11.8 Å². The van der Waals surface area contributed by atoms with Gasteiger partial charge in [-0.15, -0.1) is 0 Å². The third kappa shape index (κ3) is 6.55. The average molecular weight is 540 g/mol. The van der Waals surface area contributed by atoms with Crippen LogP contribution in [0.2, 0.25) is 0 Å². The van der Waals surface area contributed by atoms with Gasteiger partial charge in [0, 0.05) is 49.4 Å². The summed E-state index contributed by atoms with van der Waals surface area (Å²) in [5.41, 5.74) is 1.56. The number of rotatable bonds is 6. The zero-order valence-corrected chi connectivity index (χ0v) is 23.2. The number of hydrogen-bond acceptors (Lipinski definition) is 6. The summed E-state index contributed by atoms with van der Waals surface area (Å²) < 4.78 is 35.1. The summed E-state index contributed by atoms with van der Waals surface area (Å²) in [5.74, 6) is 6.81. The molecule has 4 rings (SSSR count). The molecule has 1 fully saturated rings. The lowest BCUT2D eigenvalue weighted by molar-refractivity contribution is -0.130. The van der Waals surface area contributed by atoms with E-state index in [4.69, 9.17) is 4.74 Å². The number of aromatic nitrogens is 1. The molecule has 0 spiro atoms. The van der Waals surface area contributed by atoms with Gasteiger partial charge in [-0.3, -0.25) is 9.78 Å². The van der Waals surface area contributed by atoms with Crippen molar-refractivity contribution in [1.82, 2.24) is 14.2 Å². The second-order valence-electron chi connectivity index (χ2n) is 10.5. The number of aliphatic hydroxyl groups excluding tert-OH is 1. The topological polar surface area (TPSA) is 100 Å². The van der Waals surface area contributed by atoms with E-state index >= 15 is 0 Å². The number of sulfonamides is 1. The molecule has 1 aromatic heterocycles. The minimum atomic E-state index is -3.93. The van der Waals surface area contributed by atoms with Crippen LogP contribution in [0.5, 0.6) is 5.75 Å². The van der Waals surface area contributed by atoms with Crippen LogP contribution in [-0.4, -0.2) is 72.5 Å². The number of carbonyl (C=O) groups is 1. The van der Waals surface area contributed by atoms with E-state index in [2.05, 4.69) is 16.8 Å². The third-order valence-corrected chi connectivity index (χ3v) is 9.45. The van der Waals surface area contributed by atoms with Crippen molar-refractivity contribution in [3.8, 4) is 17.6 Å². The second-order valence-corrected chi connectivity index (χ2v) is 12.3. The van der Waals surface area contributed by atoms with E-state index < -0.39 is 22.2 Å². The van der Waals surface area contributed by atoms with E-state index in [9.17, 15) is 18.3 Å². The maximum atomic E-state index is 13.7. The molecule has 1 N–H and O–H groups in total. The molecule has 2 heterocycles. The average Bonchev–Trinajstić information content (AvgIpc) is 3.43. The van der Waals surface area contributed by atoms with Crippen LogP contribution in [0, 0.1) is 23.7 Å². The molecule has 1 saturated carbocycles. The molecule has 2 aromatic rings. The van der Waals surface area contributed by atoms with Gasteiger partial charge in [0.15, 0.2) is 0 Å². The van der Waals surface area contributed by atoms with Crippen molar-refractivity contribution in [1.29, 1.82) is 0 Å². The van der Waals surface area contributed by atoms with Crippen molar-refractivity contribution in [3.05, 3.63) is 53.9 Å². The highest BCUT2D eigenvalue weighted by Crippen LogP contribution is 2.34. The summed E-state index contributed by atoms with van der Waals surface area (Å²) in [4.78, 5) is 18.6. The molecule has 204 valence electrons. The molecule has 1 aromatic carbocycles. The van der Waals surface area contributed by atoms with Crippen LogP contribution in [0.25, 0.3) is 0 Å². The van der Waals surface area contributed by atoms with Gasteiger partial charge in [0.05, 0.1) is 19.6 Å². The number of nitrogens with zero attached hydrogens (tertiary/aromatic N) is 3. The molecule has 8 nitrogen and oxygen atoms in total. The lowest BCUT2D eigenvalue weighted by atomic mass is 10.0. The lowest BCUT2D eigenvalue weighted by Crippen LogP contribution is -2.50. The molecule has 0 radical (unpaired) electrons. The van der Waals surface area contributed by atoms with Crippen molar-refractivity contribution >= 4 is 15.9 Å². The molecule has 1 aliphatic heterocycles. The maximum absolute atomic E-state index is 13.7. The summed E-state index contributed by atoms with van der Waals surface area (Å²) in [5, 5.41) is 9.84. The molecule has 0 bridgehead atoms. The predicted octanol–water partition coefficient (Wildman–Crippen LogP) is 3.09. The highest BCUT2D eigenvalue weighted by molar-refractivity contribution is 7.89. The minimum absolute atomic E-state index is 0.0480. The van der Waals surface area contributed by atoms with Crippen molar-refractivity contribution in [2.45, 2.75) is 63.0 Å². The Morgan fingerprint density at radius 1 is 1.24 bits per heavy atom. The Labute approximate surface area is 226 Å². The predicted molar refractivity (Wildman–Crippen MR) is 145 cm³/mol. The smallest absolute Gasteiger partial charge is 0.247 e. The van der Waals surface area contributed by atoms with E-state index in [1.165, 1.54) is 17.1 Å². The third-order valence-electron chi connectivity index (χ3n) is 7.43. The van der Waals surface area contributed by atoms with Crippen molar-refractivity contribution < 1.29 is 23.1 Å². The Hall–Kier alpha value is -2.93. The first-order valence-electron chi connectivity index (χ1n) is 13.3. The number of hydrogen-bond donors (Lipinski definition) is 1. The summed E-state index contributed by atoms with van der Waals surface area (Å²) in [6, 6.07) is 7.97. The van der Waals surface area contributed by atoms with E-state index in [1.807, 2.05) is 19.1 Å². The second kappa shape index (κ2) is 12.3. The standard InChI is InChI=1S/C29H37N3O5S/c1-21-18-32(22(2)20-33)38(35,36)28-11-10-24(9-8-23-6-4-5-7-23)16-26(28)37-27(21)19-31(3)29(34)17-25-12-14-30-15-13-25/h10-16,21-23,27,33H,4-7,17-20H2,1-3H3/t21-,22+,27-/m1/s1. The first kappa shape index (κ1) is 28.1. The van der Waals surface area contributed by atoms with E-state index in [0.29, 0.717) is 11.5 Å². The first-order chi connectivity index (χ1) is 18.2. The van der Waals surface area contributed by atoms with Crippen LogP contribution in [0.3, 0.4) is 0 Å². The molecular formula is C29H37N3O5S. The molecule has 9 heteroatoms. The maximum Gasteiger partial charge on any atom is 0.247 e. The molecular weight excluding hydrogens is 502 g/mol. The van der Waals surface area contributed by atoms with Crippen LogP contribution < -0.4 is 4.74 Å². The fraction of sp³-hybridized carbons (Fsp3) is 0.517. The fourth-order valence-electron chi connectivity index (χ4n) is 4.96. The molecule has 0 unspecified atom stereocenters. The number of amides is 1. The van der Waals surface area contributed by atoms with Crippen LogP contribution in [0.4, 0.5) is 0 Å². The van der Waals surface area contributed by atoms with Gasteiger partial charge in [-0.1, -0.05) is 31.6 Å². The highest BCUT2D eigenvalue weighted by atomic mass is 32.2. The van der Waals surface area contributed by atoms with Crippen LogP contribution >= 0.6 is 0 Å². The SMILES string of the molecule is C[C@@H]1CN([C@@H](C)CO)S(=O)(=O)c2ccc(C#CC3CCCC3)cc2O[C@@H]1CN(C)C(=O)Cc1ccncc1. The molecule has 3 atom stereocenters. The van der Waals surface area contributed by atoms with Gasteiger partial charge >= 0.3 is 0 Å². The monoisotopic (exact) mass is 539 g/mol. The normalized spacial score (nSPS) is 22.2. The van der Waals surface area contributed by atoms with Gasteiger partial charge < -0.3 is 14.7 Å². The van der Waals surface area contributed by atoms with Crippen LogP contribution in [0.1, 0.15) is 50.7 Å². The fourth-order valence-corrected chi connectivity index (χ4v) is 6.78. The van der Waals surface area contributed by atoms with Crippen LogP contribution in [0.15, 0.2) is 47.6 Å². The van der Waals surface area contributed by atoms with Crippen molar-refractivity contribution in [2.75, 3.05) is 26.7 Å². The molecule has 1 aliphatic carbocycles. The Balaban J connectivity index is 1.64. The Bertz CT molecular complexity index is 1280. The number of aliphatic hydroxyl groups is 1. The molecule has 1 amide bonds. The zero-order chi connectivity index (χ0) is 27.3. The van der Waals surface area contributed by atoms with E-state index in [-0.39, 0.29) is 48.6 Å². The van der Waals surface area contributed by atoms with Gasteiger partial charge in [0.1, 0.15) is 16.7 Å². The van der Waals surface area contributed by atoms with Crippen molar-refractivity contribution in [3.63, 3.8) is 0 Å². The van der Waals surface area contributed by atoms with Gasteiger partial charge in [0.25, 0.3) is 0 Å². The van der Waals surface area contributed by atoms with Crippen LogP contribution in [-0.2, 0) is 21.2 Å². The number of carbonyl (C=O) groups excluding carboxylic acids is 1. The zero-order valence-electron chi connectivity index (χ0n) is 22.3. The quantitative estimate of drug-likeness (QED) is 0.567. The summed E-state index contributed by atoms with van der Waals surface area (Å²) in [6.07, 6.45) is 7.65. The van der Waals surface area contributed by atoms with Gasteiger partial charge in [-0.05, 0) is 55.7 Å². The van der Waals surface area contributed by atoms with Gasteiger partial charge in [-0.2, -0.15) is 4.31 Å². The van der Waals surface area contributed by atoms with E-state index in [1.54, 1.807) is 49.5 Å². The summed E-state index contributed by atoms with van der Waals surface area (Å²) >= 11 is 0. The Morgan fingerprint density at radius 2 is 1.95 bits per heavy atom. The molecule has 0 saturated heterocycles.